The number of hydrogen-bond donors (Lipinski definition) is 2. The van der Waals surface area contributed by atoms with Crippen molar-refractivity contribution in [1.29, 1.82) is 0 Å². The molecule has 166 valence electrons. The van der Waals surface area contributed by atoms with E-state index in [4.69, 9.17) is 10.5 Å². The number of nitrogens with zero attached hydrogens (tertiary/aromatic N) is 1. The van der Waals surface area contributed by atoms with Gasteiger partial charge in [0.2, 0.25) is 17.7 Å². The number of nitrogens with two attached hydrogens (primary N) is 1. The number of hydrogen-bond acceptors (Lipinski definition) is 6. The molecule has 32 heavy (non-hydrogen) atoms. The van der Waals surface area contributed by atoms with E-state index in [0.29, 0.717) is 5.69 Å². The van der Waals surface area contributed by atoms with Crippen LogP contribution < -0.4 is 11.1 Å². The minimum Gasteiger partial charge on any atom is -0.449 e. The van der Waals surface area contributed by atoms with Crippen molar-refractivity contribution in [1.82, 2.24) is 4.90 Å². The first-order chi connectivity index (χ1) is 15.4. The molecular weight excluding hydrogens is 430 g/mol. The van der Waals surface area contributed by atoms with Crippen LogP contribution in [0.3, 0.4) is 0 Å². The van der Waals surface area contributed by atoms with Gasteiger partial charge >= 0.3 is 6.09 Å². The molecule has 1 aliphatic carbocycles. The molecular formula is C23H23N3O5S. The van der Waals surface area contributed by atoms with Crippen LogP contribution in [-0.2, 0) is 19.1 Å². The van der Waals surface area contributed by atoms with Crippen molar-refractivity contribution in [2.45, 2.75) is 24.0 Å². The normalized spacial score (nSPS) is 19.0. The van der Waals surface area contributed by atoms with Crippen molar-refractivity contribution >= 4 is 41.3 Å². The Morgan fingerprint density at radius 3 is 2.62 bits per heavy atom. The van der Waals surface area contributed by atoms with Gasteiger partial charge in [0.1, 0.15) is 6.61 Å². The molecule has 4 amide bonds. The molecule has 1 saturated heterocycles. The first-order valence-electron chi connectivity index (χ1n) is 10.2. The molecule has 1 fully saturated rings. The van der Waals surface area contributed by atoms with Gasteiger partial charge in [-0.25, -0.2) is 4.79 Å². The maximum absolute atomic E-state index is 12.5. The Morgan fingerprint density at radius 2 is 1.91 bits per heavy atom. The first kappa shape index (κ1) is 21.9. The van der Waals surface area contributed by atoms with E-state index in [1.165, 1.54) is 11.8 Å². The van der Waals surface area contributed by atoms with Crippen molar-refractivity contribution in [3.8, 4) is 11.1 Å². The summed E-state index contributed by atoms with van der Waals surface area (Å²) in [4.78, 5) is 49.0. The second kappa shape index (κ2) is 9.04. The first-order valence-corrected chi connectivity index (χ1v) is 11.5. The van der Waals surface area contributed by atoms with E-state index in [2.05, 4.69) is 5.32 Å². The fourth-order valence-corrected chi connectivity index (χ4v) is 4.88. The molecule has 2 aliphatic rings. The summed E-state index contributed by atoms with van der Waals surface area (Å²) in [6.07, 6.45) is 1.15. The quantitative estimate of drug-likeness (QED) is 0.622. The Morgan fingerprint density at radius 1 is 1.16 bits per heavy atom. The zero-order valence-corrected chi connectivity index (χ0v) is 18.3. The lowest BCUT2D eigenvalue weighted by Crippen LogP contribution is -2.34. The van der Waals surface area contributed by atoms with Crippen LogP contribution in [0, 0.1) is 0 Å². The fourth-order valence-electron chi connectivity index (χ4n) is 4.24. The molecule has 3 N–H and O–H groups in total. The van der Waals surface area contributed by atoms with E-state index < -0.39 is 6.09 Å². The van der Waals surface area contributed by atoms with E-state index in [-0.39, 0.29) is 54.9 Å². The zero-order valence-electron chi connectivity index (χ0n) is 17.5. The molecule has 1 aliphatic heterocycles. The minimum absolute atomic E-state index is 0.0180. The second-order valence-corrected chi connectivity index (χ2v) is 8.72. The molecule has 0 spiro atoms. The molecule has 1 heterocycles. The van der Waals surface area contributed by atoms with Gasteiger partial charge in [-0.15, -0.1) is 0 Å². The Balaban J connectivity index is 1.46. The Labute approximate surface area is 189 Å². The van der Waals surface area contributed by atoms with Crippen LogP contribution in [0.2, 0.25) is 0 Å². The van der Waals surface area contributed by atoms with Crippen molar-refractivity contribution in [2.75, 3.05) is 24.7 Å². The van der Waals surface area contributed by atoms with Crippen molar-refractivity contribution in [3.63, 3.8) is 0 Å². The molecule has 2 atom stereocenters. The van der Waals surface area contributed by atoms with Gasteiger partial charge in [-0.1, -0.05) is 30.3 Å². The predicted molar refractivity (Wildman–Crippen MR) is 121 cm³/mol. The number of thioether (sulfide) groups is 1. The van der Waals surface area contributed by atoms with Gasteiger partial charge in [-0.05, 0) is 40.6 Å². The van der Waals surface area contributed by atoms with Crippen LogP contribution in [-0.4, -0.2) is 53.4 Å². The van der Waals surface area contributed by atoms with Crippen molar-refractivity contribution in [3.05, 3.63) is 53.6 Å². The Bertz CT molecular complexity index is 1100. The van der Waals surface area contributed by atoms with Gasteiger partial charge in [-0.2, -0.15) is 11.8 Å². The number of rotatable bonds is 7. The van der Waals surface area contributed by atoms with Crippen LogP contribution >= 0.6 is 11.8 Å². The lowest BCUT2D eigenvalue weighted by Gasteiger charge is -2.16. The zero-order chi connectivity index (χ0) is 22.8. The van der Waals surface area contributed by atoms with Crippen molar-refractivity contribution in [2.24, 2.45) is 5.73 Å². The topological polar surface area (TPSA) is 119 Å². The average Bonchev–Trinajstić information content (AvgIpc) is 3.23. The second-order valence-electron chi connectivity index (χ2n) is 7.68. The molecule has 2 aromatic carbocycles. The van der Waals surface area contributed by atoms with Gasteiger partial charge in [0, 0.05) is 31.0 Å². The molecule has 4 rings (SSSR count). The summed E-state index contributed by atoms with van der Waals surface area (Å²) in [5.74, 6) is -0.954. The third-order valence-corrected chi connectivity index (χ3v) is 6.72. The highest BCUT2D eigenvalue weighted by Crippen LogP contribution is 2.45. The van der Waals surface area contributed by atoms with E-state index in [1.54, 1.807) is 12.3 Å². The number of imide groups is 1. The molecule has 0 bridgehead atoms. The largest absolute Gasteiger partial charge is 0.449 e. The molecule has 2 unspecified atom stereocenters. The third kappa shape index (κ3) is 4.20. The average molecular weight is 454 g/mol. The summed E-state index contributed by atoms with van der Waals surface area (Å²) in [5.41, 5.74) is 9.76. The number of fused-ring (bicyclic) bond motifs is 3. The summed E-state index contributed by atoms with van der Waals surface area (Å²) in [6.45, 7) is 0.165. The minimum atomic E-state index is -0.838. The van der Waals surface area contributed by atoms with E-state index in [9.17, 15) is 19.2 Å². The maximum atomic E-state index is 12.5. The smallest absolute Gasteiger partial charge is 0.404 e. The number of benzene rings is 2. The summed E-state index contributed by atoms with van der Waals surface area (Å²) in [7, 11) is 0. The summed E-state index contributed by atoms with van der Waals surface area (Å²) >= 11 is 1.35. The van der Waals surface area contributed by atoms with Gasteiger partial charge < -0.3 is 15.8 Å². The van der Waals surface area contributed by atoms with Gasteiger partial charge in [0.25, 0.3) is 0 Å². The van der Waals surface area contributed by atoms with Crippen LogP contribution in [0.25, 0.3) is 11.1 Å². The van der Waals surface area contributed by atoms with Gasteiger partial charge in [0.05, 0.1) is 5.25 Å². The van der Waals surface area contributed by atoms with E-state index in [0.717, 1.165) is 27.2 Å². The Kier molecular flexibility index (Phi) is 6.18. The SMILES string of the molecule is CSC1CC(=O)N(CCC(=O)Nc2ccc3c(c2)C(COC(N)=O)c2ccccc2-3)C1=O. The highest BCUT2D eigenvalue weighted by atomic mass is 32.2. The van der Waals surface area contributed by atoms with E-state index >= 15 is 0 Å². The lowest BCUT2D eigenvalue weighted by molar-refractivity contribution is -0.138. The number of carbonyl (C=O) groups excluding carboxylic acids is 4. The number of amides is 4. The summed E-state index contributed by atoms with van der Waals surface area (Å²) < 4.78 is 5.07. The number of primary amides is 1. The van der Waals surface area contributed by atoms with Gasteiger partial charge in [0.15, 0.2) is 0 Å². The number of carbonyl (C=O) groups is 4. The van der Waals surface area contributed by atoms with Crippen LogP contribution in [0.1, 0.15) is 29.9 Å². The molecule has 0 radical (unpaired) electrons. The predicted octanol–water partition coefficient (Wildman–Crippen LogP) is 2.71. The molecule has 8 nitrogen and oxygen atoms in total. The standard InChI is InChI=1S/C23H23N3O5S/c1-32-19-11-21(28)26(22(19)29)9-8-20(27)25-13-6-7-16-14-4-2-3-5-15(14)18(17(16)10-13)12-31-23(24)30/h2-7,10,18-19H,8-9,11-12H2,1H3,(H2,24,30)(H,25,27). The lowest BCUT2D eigenvalue weighted by atomic mass is 9.97. The fraction of sp³-hybridized carbons (Fsp3) is 0.304. The third-order valence-electron chi connectivity index (χ3n) is 5.78. The number of ether oxygens (including phenoxy) is 1. The van der Waals surface area contributed by atoms with Crippen LogP contribution in [0.5, 0.6) is 0 Å². The summed E-state index contributed by atoms with van der Waals surface area (Å²) in [6, 6.07) is 13.4. The summed E-state index contributed by atoms with van der Waals surface area (Å²) in [5, 5.41) is 2.48. The van der Waals surface area contributed by atoms with Gasteiger partial charge in [-0.3, -0.25) is 19.3 Å². The van der Waals surface area contributed by atoms with Crippen LogP contribution in [0.15, 0.2) is 42.5 Å². The Hall–Kier alpha value is -3.33. The number of nitrogens with one attached hydrogen (secondary N) is 1. The molecule has 2 aromatic rings. The highest BCUT2D eigenvalue weighted by molar-refractivity contribution is 8.00. The van der Waals surface area contributed by atoms with Crippen molar-refractivity contribution < 1.29 is 23.9 Å². The highest BCUT2D eigenvalue weighted by Gasteiger charge is 2.38. The number of anilines is 1. The number of likely N-dealkylation sites (tertiary alicyclic amines) is 1. The monoisotopic (exact) mass is 453 g/mol. The maximum Gasteiger partial charge on any atom is 0.404 e. The molecule has 0 saturated carbocycles. The molecule has 9 heteroatoms. The van der Waals surface area contributed by atoms with E-state index in [1.807, 2.05) is 36.4 Å². The molecule has 0 aromatic heterocycles. The van der Waals surface area contributed by atoms with Crippen LogP contribution in [0.4, 0.5) is 10.5 Å².